The molecule has 4 unspecified atom stereocenters. The summed E-state index contributed by atoms with van der Waals surface area (Å²) >= 11 is -1.57. The zero-order valence-corrected chi connectivity index (χ0v) is 27.8. The van der Waals surface area contributed by atoms with Crippen LogP contribution < -0.4 is 14.6 Å². The average Bonchev–Trinajstić information content (AvgIpc) is 3.52. The van der Waals surface area contributed by atoms with Crippen LogP contribution in [0.5, 0.6) is 5.75 Å². The van der Waals surface area contributed by atoms with E-state index in [1.165, 1.54) is 48.0 Å². The summed E-state index contributed by atoms with van der Waals surface area (Å²) in [6, 6.07) is 28.1. The van der Waals surface area contributed by atoms with Crippen molar-refractivity contribution in [2.75, 3.05) is 0 Å². The molecule has 0 amide bonds. The average molecular weight is 611 g/mol. The van der Waals surface area contributed by atoms with Gasteiger partial charge >= 0.3 is 0 Å². The van der Waals surface area contributed by atoms with Crippen molar-refractivity contribution in [2.24, 2.45) is 16.5 Å². The zero-order chi connectivity index (χ0) is 31.3. The first-order chi connectivity index (χ1) is 21.1. The van der Waals surface area contributed by atoms with Crippen LogP contribution in [0.4, 0.5) is 0 Å². The van der Waals surface area contributed by atoms with Gasteiger partial charge in [0.15, 0.2) is 11.2 Å². The molecule has 4 atom stereocenters. The van der Waals surface area contributed by atoms with Crippen molar-refractivity contribution in [1.29, 1.82) is 0 Å². The predicted molar refractivity (Wildman–Crippen MR) is 186 cm³/mol. The van der Waals surface area contributed by atoms with Gasteiger partial charge in [-0.25, -0.2) is 14.1 Å². The van der Waals surface area contributed by atoms with Crippen LogP contribution in [-0.4, -0.2) is 10.3 Å². The SMILES string of the molecule is C=C(c1ccccc1OCc1ccc(C(C)(C)C)cc1)C12CCC(NS(N)=O)C1CC(CCCCCC)=C2c1ccccc1. The third-order valence-electron chi connectivity index (χ3n) is 9.86. The molecule has 1 saturated carbocycles. The molecule has 0 heterocycles. The first-order valence-corrected chi connectivity index (χ1v) is 17.6. The second-order valence-corrected chi connectivity index (χ2v) is 14.5. The molecule has 2 aliphatic rings. The third-order valence-corrected chi connectivity index (χ3v) is 10.4. The van der Waals surface area contributed by atoms with E-state index in [4.69, 9.17) is 16.5 Å². The van der Waals surface area contributed by atoms with Gasteiger partial charge in [0.25, 0.3) is 0 Å². The second kappa shape index (κ2) is 14.0. The molecular formula is C39H50N2O2S. The van der Waals surface area contributed by atoms with Crippen LogP contribution in [0.2, 0.25) is 0 Å². The van der Waals surface area contributed by atoms with E-state index in [2.05, 4.69) is 105 Å². The molecule has 0 aliphatic heterocycles. The Hall–Kier alpha value is -2.99. The molecule has 3 aromatic carbocycles. The van der Waals surface area contributed by atoms with Crippen molar-refractivity contribution in [3.8, 4) is 5.75 Å². The van der Waals surface area contributed by atoms with Crippen molar-refractivity contribution in [1.82, 2.24) is 4.72 Å². The topological polar surface area (TPSA) is 64.3 Å². The van der Waals surface area contributed by atoms with Gasteiger partial charge in [-0.1, -0.05) is 132 Å². The molecule has 0 radical (unpaired) electrons. The van der Waals surface area contributed by atoms with Crippen LogP contribution in [0.1, 0.15) is 101 Å². The lowest BCUT2D eigenvalue weighted by atomic mass is 9.66. The molecule has 0 aromatic heterocycles. The number of ether oxygens (including phenoxy) is 1. The summed E-state index contributed by atoms with van der Waals surface area (Å²) in [5.41, 5.74) is 8.63. The molecule has 44 heavy (non-hydrogen) atoms. The van der Waals surface area contributed by atoms with Crippen LogP contribution in [-0.2, 0) is 23.2 Å². The fourth-order valence-electron chi connectivity index (χ4n) is 7.64. The molecule has 3 N–H and O–H groups in total. The minimum atomic E-state index is -1.57. The molecule has 1 fully saturated rings. The van der Waals surface area contributed by atoms with Crippen molar-refractivity contribution in [2.45, 2.75) is 97.1 Å². The highest BCUT2D eigenvalue weighted by Gasteiger charge is 2.57. The molecule has 5 heteroatoms. The third kappa shape index (κ3) is 6.80. The highest BCUT2D eigenvalue weighted by Crippen LogP contribution is 2.66. The van der Waals surface area contributed by atoms with Gasteiger partial charge in [0.05, 0.1) is 0 Å². The minimum absolute atomic E-state index is 0.0545. The Labute approximate surface area is 267 Å². The van der Waals surface area contributed by atoms with Crippen LogP contribution in [0.25, 0.3) is 11.1 Å². The number of nitrogens with one attached hydrogen (secondary N) is 1. The first-order valence-electron chi connectivity index (χ1n) is 16.4. The molecule has 3 aromatic rings. The summed E-state index contributed by atoms with van der Waals surface area (Å²) in [6.45, 7) is 14.3. The first kappa shape index (κ1) is 32.4. The smallest absolute Gasteiger partial charge is 0.164 e. The van der Waals surface area contributed by atoms with E-state index >= 15 is 0 Å². The predicted octanol–water partition coefficient (Wildman–Crippen LogP) is 9.30. The fourth-order valence-corrected chi connectivity index (χ4v) is 8.22. The zero-order valence-electron chi connectivity index (χ0n) is 27.0. The van der Waals surface area contributed by atoms with Gasteiger partial charge in [-0.05, 0) is 77.3 Å². The lowest BCUT2D eigenvalue weighted by Crippen LogP contribution is -2.40. The maximum Gasteiger partial charge on any atom is 0.164 e. The Morgan fingerprint density at radius 1 is 1.00 bits per heavy atom. The summed E-state index contributed by atoms with van der Waals surface area (Å²) in [5, 5.41) is 5.84. The molecule has 0 saturated heterocycles. The number of rotatable bonds is 13. The van der Waals surface area contributed by atoms with Crippen molar-refractivity contribution in [3.63, 3.8) is 0 Å². The summed E-state index contributed by atoms with van der Waals surface area (Å²) in [5.74, 6) is 1.07. The number of para-hydroxylation sites is 1. The van der Waals surface area contributed by atoms with Gasteiger partial charge in [0.1, 0.15) is 12.4 Å². The highest BCUT2D eigenvalue weighted by atomic mass is 32.2. The maximum atomic E-state index is 12.3. The van der Waals surface area contributed by atoms with Gasteiger partial charge < -0.3 is 4.74 Å². The standard InChI is InChI=1S/C39H50N2O2S/c1-6-7-8-10-17-31-26-34-35(41-44(40)42)24-25-39(34,37(31)30-15-11-9-12-16-30)28(2)33-18-13-14-19-36(33)43-27-29-20-22-32(23-21-29)38(3,4)5/h9,11-16,18-23,34-35,41H,2,6-8,10,17,24-27,40H2,1,3-5H3. The number of nitrogens with two attached hydrogens (primary N) is 1. The maximum absolute atomic E-state index is 12.3. The quantitative estimate of drug-likeness (QED) is 0.189. The van der Waals surface area contributed by atoms with Crippen LogP contribution in [0, 0.1) is 11.3 Å². The molecule has 0 spiro atoms. The number of unbranched alkanes of at least 4 members (excludes halogenated alkanes) is 3. The van der Waals surface area contributed by atoms with Crippen molar-refractivity contribution < 1.29 is 8.95 Å². The normalized spacial score (nSPS) is 22.2. The lowest BCUT2D eigenvalue weighted by molar-refractivity contribution is 0.303. The van der Waals surface area contributed by atoms with E-state index in [1.54, 1.807) is 0 Å². The monoisotopic (exact) mass is 610 g/mol. The molecule has 234 valence electrons. The van der Waals surface area contributed by atoms with E-state index < -0.39 is 11.2 Å². The number of benzene rings is 3. The van der Waals surface area contributed by atoms with Crippen LogP contribution >= 0.6 is 0 Å². The second-order valence-electron chi connectivity index (χ2n) is 13.7. The molecular weight excluding hydrogens is 561 g/mol. The minimum Gasteiger partial charge on any atom is -0.488 e. The van der Waals surface area contributed by atoms with Crippen molar-refractivity contribution in [3.05, 3.63) is 113 Å². The number of hydrogen-bond donors (Lipinski definition) is 2. The van der Waals surface area contributed by atoms with Gasteiger partial charge in [-0.3, -0.25) is 0 Å². The Balaban J connectivity index is 1.52. The lowest BCUT2D eigenvalue weighted by Gasteiger charge is -2.38. The number of hydrogen-bond acceptors (Lipinski definition) is 2. The largest absolute Gasteiger partial charge is 0.488 e. The van der Waals surface area contributed by atoms with E-state index in [0.29, 0.717) is 6.61 Å². The Morgan fingerprint density at radius 2 is 1.70 bits per heavy atom. The Bertz CT molecular complexity index is 1490. The molecule has 5 rings (SSSR count). The van der Waals surface area contributed by atoms with Gasteiger partial charge in [0.2, 0.25) is 0 Å². The summed E-state index contributed by atoms with van der Waals surface area (Å²) in [4.78, 5) is 0. The Kier molecular flexibility index (Phi) is 10.3. The summed E-state index contributed by atoms with van der Waals surface area (Å²) in [6.07, 6.45) is 8.77. The molecule has 2 aliphatic carbocycles. The van der Waals surface area contributed by atoms with Gasteiger partial charge in [-0.2, -0.15) is 0 Å². The van der Waals surface area contributed by atoms with Crippen molar-refractivity contribution >= 4 is 22.3 Å². The van der Waals surface area contributed by atoms with E-state index in [1.807, 2.05) is 6.07 Å². The molecule has 4 nitrogen and oxygen atoms in total. The van der Waals surface area contributed by atoms with E-state index in [0.717, 1.165) is 48.1 Å². The van der Waals surface area contributed by atoms with Gasteiger partial charge in [-0.15, -0.1) is 0 Å². The van der Waals surface area contributed by atoms with E-state index in [-0.39, 0.29) is 22.8 Å². The highest BCUT2D eigenvalue weighted by molar-refractivity contribution is 7.80. The van der Waals surface area contributed by atoms with Crippen LogP contribution in [0.3, 0.4) is 0 Å². The summed E-state index contributed by atoms with van der Waals surface area (Å²) < 4.78 is 22.1. The number of allylic oxidation sites excluding steroid dienone is 3. The van der Waals surface area contributed by atoms with Gasteiger partial charge in [0, 0.05) is 17.0 Å². The van der Waals surface area contributed by atoms with Crippen LogP contribution in [0.15, 0.2) is 91.0 Å². The summed E-state index contributed by atoms with van der Waals surface area (Å²) in [7, 11) is 0. The van der Waals surface area contributed by atoms with E-state index in [9.17, 15) is 4.21 Å². The Morgan fingerprint density at radius 3 is 2.39 bits per heavy atom. The fraction of sp³-hybridized carbons (Fsp3) is 0.436. The number of fused-ring (bicyclic) bond motifs is 1. The molecule has 0 bridgehead atoms.